The lowest BCUT2D eigenvalue weighted by atomic mass is 10.1. The van der Waals surface area contributed by atoms with Crippen molar-refractivity contribution >= 4 is 45.9 Å². The molecule has 0 radical (unpaired) electrons. The zero-order chi connectivity index (χ0) is 24.9. The van der Waals surface area contributed by atoms with Crippen molar-refractivity contribution in [3.8, 4) is 0 Å². The first-order chi connectivity index (χ1) is 16.8. The number of aromatic nitrogens is 2. The number of hydrogen-bond donors (Lipinski definition) is 2. The van der Waals surface area contributed by atoms with E-state index in [1.807, 2.05) is 19.9 Å². The molecule has 178 valence electrons. The molecule has 0 bridgehead atoms. The third kappa shape index (κ3) is 5.58. The van der Waals surface area contributed by atoms with Crippen molar-refractivity contribution in [2.75, 3.05) is 16.4 Å². The average molecular weight is 491 g/mol. The number of carbonyl (C=O) groups is 2. The van der Waals surface area contributed by atoms with E-state index >= 15 is 0 Å². The van der Waals surface area contributed by atoms with Crippen LogP contribution in [0.3, 0.4) is 0 Å². The number of amides is 2. The molecular formula is C26H23FN4O3S. The van der Waals surface area contributed by atoms with Gasteiger partial charge in [-0.1, -0.05) is 36.0 Å². The van der Waals surface area contributed by atoms with Gasteiger partial charge in [-0.2, -0.15) is 0 Å². The van der Waals surface area contributed by atoms with Crippen molar-refractivity contribution < 1.29 is 14.0 Å². The molecule has 0 aliphatic heterocycles. The Labute approximate surface area is 205 Å². The first kappa shape index (κ1) is 24.2. The number of carbonyl (C=O) groups excluding carboxylic acids is 2. The largest absolute Gasteiger partial charge is 0.325 e. The molecule has 7 nitrogen and oxygen atoms in total. The topological polar surface area (TPSA) is 93.1 Å². The number of fused-ring (bicyclic) bond motifs is 1. The monoisotopic (exact) mass is 490 g/mol. The Morgan fingerprint density at radius 2 is 1.66 bits per heavy atom. The number of anilines is 2. The molecule has 0 aliphatic carbocycles. The van der Waals surface area contributed by atoms with Gasteiger partial charge in [-0.3, -0.25) is 19.0 Å². The first-order valence-electron chi connectivity index (χ1n) is 10.9. The van der Waals surface area contributed by atoms with Gasteiger partial charge in [0.25, 0.3) is 11.5 Å². The van der Waals surface area contributed by atoms with Gasteiger partial charge in [-0.25, -0.2) is 9.37 Å². The minimum absolute atomic E-state index is 0.00852. The maximum absolute atomic E-state index is 13.1. The number of nitrogens with one attached hydrogen (secondary N) is 2. The van der Waals surface area contributed by atoms with E-state index in [-0.39, 0.29) is 28.8 Å². The predicted octanol–water partition coefficient (Wildman–Crippen LogP) is 5.10. The zero-order valence-corrected chi connectivity index (χ0v) is 19.9. The molecule has 1 heterocycles. The molecule has 0 saturated heterocycles. The Balaban J connectivity index is 1.50. The Bertz CT molecular complexity index is 1450. The summed E-state index contributed by atoms with van der Waals surface area (Å²) in [4.78, 5) is 43.1. The summed E-state index contributed by atoms with van der Waals surface area (Å²) in [6.07, 6.45) is 0. The van der Waals surface area contributed by atoms with Crippen molar-refractivity contribution in [1.82, 2.24) is 9.55 Å². The highest BCUT2D eigenvalue weighted by Crippen LogP contribution is 2.22. The minimum atomic E-state index is -0.440. The van der Waals surface area contributed by atoms with Crippen LogP contribution >= 0.6 is 11.8 Å². The summed E-state index contributed by atoms with van der Waals surface area (Å²) in [6.45, 7) is 3.77. The van der Waals surface area contributed by atoms with Crippen LogP contribution in [0, 0.1) is 5.82 Å². The Kier molecular flexibility index (Phi) is 7.26. The summed E-state index contributed by atoms with van der Waals surface area (Å²) >= 11 is 1.15. The van der Waals surface area contributed by atoms with Crippen molar-refractivity contribution in [2.45, 2.75) is 25.0 Å². The highest BCUT2D eigenvalue weighted by molar-refractivity contribution is 7.99. The Morgan fingerprint density at radius 1 is 0.971 bits per heavy atom. The van der Waals surface area contributed by atoms with Gasteiger partial charge in [-0.15, -0.1) is 0 Å². The quantitative estimate of drug-likeness (QED) is 0.278. The maximum Gasteiger partial charge on any atom is 0.262 e. The maximum atomic E-state index is 13.1. The third-order valence-electron chi connectivity index (χ3n) is 5.17. The lowest BCUT2D eigenvalue weighted by Gasteiger charge is -2.16. The Hall–Kier alpha value is -3.98. The molecule has 0 fully saturated rings. The Morgan fingerprint density at radius 3 is 2.40 bits per heavy atom. The number of nitrogens with zero attached hydrogens (tertiary/aromatic N) is 2. The molecule has 0 atom stereocenters. The van der Waals surface area contributed by atoms with Gasteiger partial charge < -0.3 is 10.6 Å². The van der Waals surface area contributed by atoms with Gasteiger partial charge >= 0.3 is 0 Å². The van der Waals surface area contributed by atoms with E-state index in [2.05, 4.69) is 15.6 Å². The third-order valence-corrected chi connectivity index (χ3v) is 6.12. The van der Waals surface area contributed by atoms with Gasteiger partial charge in [0.15, 0.2) is 5.16 Å². The van der Waals surface area contributed by atoms with Crippen LogP contribution in [-0.4, -0.2) is 27.1 Å². The van der Waals surface area contributed by atoms with Gasteiger partial charge in [0, 0.05) is 11.7 Å². The van der Waals surface area contributed by atoms with Crippen molar-refractivity contribution in [2.24, 2.45) is 0 Å². The van der Waals surface area contributed by atoms with Crippen LogP contribution in [0.2, 0.25) is 0 Å². The van der Waals surface area contributed by atoms with E-state index in [9.17, 15) is 18.8 Å². The second kappa shape index (κ2) is 10.5. The molecule has 4 aromatic rings. The molecular weight excluding hydrogens is 467 g/mol. The lowest BCUT2D eigenvalue weighted by molar-refractivity contribution is -0.113. The van der Waals surface area contributed by atoms with Crippen LogP contribution in [0.1, 0.15) is 30.2 Å². The van der Waals surface area contributed by atoms with E-state index in [0.29, 0.717) is 27.4 Å². The van der Waals surface area contributed by atoms with Gasteiger partial charge in [0.2, 0.25) is 5.91 Å². The molecule has 3 aromatic carbocycles. The number of benzene rings is 3. The van der Waals surface area contributed by atoms with E-state index in [1.54, 1.807) is 47.0 Å². The van der Waals surface area contributed by atoms with Gasteiger partial charge in [-0.05, 0) is 62.4 Å². The zero-order valence-electron chi connectivity index (χ0n) is 19.1. The molecule has 2 amide bonds. The number of thioether (sulfide) groups is 1. The van der Waals surface area contributed by atoms with Crippen LogP contribution < -0.4 is 16.2 Å². The lowest BCUT2D eigenvalue weighted by Crippen LogP contribution is -2.26. The number of halogens is 1. The number of rotatable bonds is 7. The SMILES string of the molecule is CC(C)n1c(SCC(=O)Nc2ccccc2C(=O)Nc2ccc(F)cc2)nc2ccccc2c1=O. The van der Waals surface area contributed by atoms with E-state index in [1.165, 1.54) is 24.3 Å². The van der Waals surface area contributed by atoms with Gasteiger partial charge in [0.1, 0.15) is 5.82 Å². The summed E-state index contributed by atoms with van der Waals surface area (Å²) in [6, 6.07) is 19.0. The van der Waals surface area contributed by atoms with E-state index in [4.69, 9.17) is 0 Å². The first-order valence-corrected chi connectivity index (χ1v) is 11.9. The van der Waals surface area contributed by atoms with Gasteiger partial charge in [0.05, 0.1) is 27.9 Å². The smallest absolute Gasteiger partial charge is 0.262 e. The molecule has 35 heavy (non-hydrogen) atoms. The van der Waals surface area contributed by atoms with Crippen molar-refractivity contribution in [3.05, 3.63) is 94.5 Å². The fourth-order valence-corrected chi connectivity index (χ4v) is 4.45. The van der Waals surface area contributed by atoms with Crippen LogP contribution in [0.5, 0.6) is 0 Å². The standard InChI is InChI=1S/C26H23FN4O3S/c1-16(2)31-25(34)20-8-4-6-10-22(20)30-26(31)35-15-23(32)29-21-9-5-3-7-19(21)24(33)28-18-13-11-17(27)12-14-18/h3-14,16H,15H2,1-2H3,(H,28,33)(H,29,32). The second-order valence-electron chi connectivity index (χ2n) is 8.02. The molecule has 2 N–H and O–H groups in total. The van der Waals surface area contributed by atoms with Crippen molar-refractivity contribution in [1.29, 1.82) is 0 Å². The highest BCUT2D eigenvalue weighted by Gasteiger charge is 2.17. The molecule has 0 saturated carbocycles. The van der Waals surface area contributed by atoms with E-state index < -0.39 is 11.7 Å². The summed E-state index contributed by atoms with van der Waals surface area (Å²) in [5.41, 5.74) is 1.45. The number of para-hydroxylation sites is 2. The normalized spacial score (nSPS) is 11.0. The van der Waals surface area contributed by atoms with Crippen LogP contribution in [0.25, 0.3) is 10.9 Å². The molecule has 1 aromatic heterocycles. The molecule has 0 unspecified atom stereocenters. The summed E-state index contributed by atoms with van der Waals surface area (Å²) < 4.78 is 14.7. The second-order valence-corrected chi connectivity index (χ2v) is 8.97. The van der Waals surface area contributed by atoms with Crippen LogP contribution in [0.4, 0.5) is 15.8 Å². The predicted molar refractivity (Wildman–Crippen MR) is 137 cm³/mol. The highest BCUT2D eigenvalue weighted by atomic mass is 32.2. The van der Waals surface area contributed by atoms with Crippen LogP contribution in [-0.2, 0) is 4.79 Å². The van der Waals surface area contributed by atoms with Crippen molar-refractivity contribution in [3.63, 3.8) is 0 Å². The summed E-state index contributed by atoms with van der Waals surface area (Å²) in [7, 11) is 0. The molecule has 9 heteroatoms. The minimum Gasteiger partial charge on any atom is -0.325 e. The average Bonchev–Trinajstić information content (AvgIpc) is 2.84. The molecule has 4 rings (SSSR count). The molecule has 0 aliphatic rings. The fourth-order valence-electron chi connectivity index (χ4n) is 3.52. The summed E-state index contributed by atoms with van der Waals surface area (Å²) in [5.74, 6) is -1.21. The number of hydrogen-bond acceptors (Lipinski definition) is 5. The van der Waals surface area contributed by atoms with E-state index in [0.717, 1.165) is 11.8 Å². The molecule has 0 spiro atoms. The summed E-state index contributed by atoms with van der Waals surface area (Å²) in [5, 5.41) is 6.42. The van der Waals surface area contributed by atoms with Crippen LogP contribution in [0.15, 0.2) is 82.7 Å². The fraction of sp³-hybridized carbons (Fsp3) is 0.154.